The van der Waals surface area contributed by atoms with Crippen molar-refractivity contribution in [2.45, 2.75) is 6.54 Å². The summed E-state index contributed by atoms with van der Waals surface area (Å²) in [5, 5.41) is 13.2. The first kappa shape index (κ1) is 12.0. The van der Waals surface area contributed by atoms with Gasteiger partial charge in [-0.15, -0.1) is 0 Å². The van der Waals surface area contributed by atoms with Crippen LogP contribution >= 0.6 is 0 Å². The number of hydrogen-bond acceptors (Lipinski definition) is 4. The predicted molar refractivity (Wildman–Crippen MR) is 59.0 cm³/mol. The molecule has 1 N–H and O–H groups in total. The fraction of sp³-hybridized carbons (Fsp3) is 0.0909. The Morgan fingerprint density at radius 2 is 2.17 bits per heavy atom. The smallest absolute Gasteiger partial charge is 0.298 e. The van der Waals surface area contributed by atoms with Crippen molar-refractivity contribution in [2.75, 3.05) is 5.32 Å². The van der Waals surface area contributed by atoms with Crippen molar-refractivity contribution >= 4 is 11.4 Å². The van der Waals surface area contributed by atoms with Gasteiger partial charge in [0.15, 0.2) is 5.82 Å². The summed E-state index contributed by atoms with van der Waals surface area (Å²) in [6.45, 7) is 0.0659. The first-order chi connectivity index (χ1) is 8.58. The summed E-state index contributed by atoms with van der Waals surface area (Å²) in [5.74, 6) is -1.54. The number of nitrogens with zero attached hydrogens (tertiary/aromatic N) is 1. The van der Waals surface area contributed by atoms with E-state index in [0.29, 0.717) is 17.9 Å². The lowest BCUT2D eigenvalue weighted by Gasteiger charge is -2.06. The van der Waals surface area contributed by atoms with E-state index >= 15 is 0 Å². The molecule has 1 aromatic carbocycles. The molecule has 0 aliphatic rings. The lowest BCUT2D eigenvalue weighted by molar-refractivity contribution is -0.384. The number of benzene rings is 1. The highest BCUT2D eigenvalue weighted by Crippen LogP contribution is 2.29. The van der Waals surface area contributed by atoms with Crippen molar-refractivity contribution in [1.29, 1.82) is 0 Å². The monoisotopic (exact) mass is 254 g/mol. The fourth-order valence-corrected chi connectivity index (χ4v) is 1.47. The standard InChI is InChI=1S/C11H8F2N2O3/c12-7-4-9(13)11(10(5-7)15(16)17)14-6-8-2-1-3-18-8/h1-5,14H,6H2. The third kappa shape index (κ3) is 2.45. The molecular formula is C11H8F2N2O3. The maximum absolute atomic E-state index is 13.5. The van der Waals surface area contributed by atoms with E-state index < -0.39 is 22.2 Å². The Morgan fingerprint density at radius 3 is 2.78 bits per heavy atom. The average Bonchev–Trinajstić information content (AvgIpc) is 2.79. The van der Waals surface area contributed by atoms with Crippen molar-refractivity contribution in [3.05, 3.63) is 58.0 Å². The van der Waals surface area contributed by atoms with Gasteiger partial charge in [-0.05, 0) is 12.1 Å². The van der Waals surface area contributed by atoms with E-state index in [-0.39, 0.29) is 12.2 Å². The molecular weight excluding hydrogens is 246 g/mol. The molecule has 1 aromatic heterocycles. The summed E-state index contributed by atoms with van der Waals surface area (Å²) in [6, 6.07) is 4.50. The van der Waals surface area contributed by atoms with E-state index in [0.717, 1.165) is 0 Å². The van der Waals surface area contributed by atoms with E-state index in [2.05, 4.69) is 5.32 Å². The van der Waals surface area contributed by atoms with Crippen molar-refractivity contribution < 1.29 is 18.1 Å². The number of halogens is 2. The van der Waals surface area contributed by atoms with Crippen LogP contribution in [0.4, 0.5) is 20.2 Å². The zero-order chi connectivity index (χ0) is 13.1. The van der Waals surface area contributed by atoms with Gasteiger partial charge in [-0.1, -0.05) is 0 Å². The number of nitro benzene ring substituents is 1. The molecule has 0 aliphatic carbocycles. The molecule has 0 radical (unpaired) electrons. The maximum atomic E-state index is 13.5. The molecule has 1 heterocycles. The molecule has 0 fully saturated rings. The predicted octanol–water partition coefficient (Wildman–Crippen LogP) is 3.08. The number of anilines is 1. The van der Waals surface area contributed by atoms with Crippen molar-refractivity contribution in [2.24, 2.45) is 0 Å². The van der Waals surface area contributed by atoms with Crippen LogP contribution in [-0.2, 0) is 6.54 Å². The summed E-state index contributed by atoms with van der Waals surface area (Å²) < 4.78 is 31.3. The molecule has 2 aromatic rings. The second kappa shape index (κ2) is 4.82. The van der Waals surface area contributed by atoms with Crippen LogP contribution in [-0.4, -0.2) is 4.92 Å². The van der Waals surface area contributed by atoms with E-state index in [1.165, 1.54) is 6.26 Å². The number of nitrogens with one attached hydrogen (secondary N) is 1. The summed E-state index contributed by atoms with van der Waals surface area (Å²) in [6.07, 6.45) is 1.42. The Kier molecular flexibility index (Phi) is 3.22. The third-order valence-electron chi connectivity index (χ3n) is 2.25. The van der Waals surface area contributed by atoms with Gasteiger partial charge in [0.25, 0.3) is 5.69 Å². The van der Waals surface area contributed by atoms with E-state index in [4.69, 9.17) is 4.42 Å². The zero-order valence-corrected chi connectivity index (χ0v) is 9.02. The molecule has 2 rings (SSSR count). The second-order valence-electron chi connectivity index (χ2n) is 3.47. The Hall–Kier alpha value is -2.44. The highest BCUT2D eigenvalue weighted by Gasteiger charge is 2.20. The molecule has 94 valence electrons. The number of nitro groups is 1. The van der Waals surface area contributed by atoms with E-state index in [1.807, 2.05) is 0 Å². The fourth-order valence-electron chi connectivity index (χ4n) is 1.47. The summed E-state index contributed by atoms with van der Waals surface area (Å²) in [4.78, 5) is 9.85. The van der Waals surface area contributed by atoms with Crippen LogP contribution < -0.4 is 5.32 Å². The number of rotatable bonds is 4. The Balaban J connectivity index is 2.28. The molecule has 0 atom stereocenters. The first-order valence-electron chi connectivity index (χ1n) is 4.97. The highest BCUT2D eigenvalue weighted by molar-refractivity contribution is 5.62. The second-order valence-corrected chi connectivity index (χ2v) is 3.47. The lowest BCUT2D eigenvalue weighted by atomic mass is 10.2. The average molecular weight is 254 g/mol. The van der Waals surface area contributed by atoms with Gasteiger partial charge in [-0.25, -0.2) is 8.78 Å². The third-order valence-corrected chi connectivity index (χ3v) is 2.25. The molecule has 0 amide bonds. The Morgan fingerprint density at radius 1 is 1.39 bits per heavy atom. The molecule has 5 nitrogen and oxygen atoms in total. The van der Waals surface area contributed by atoms with Crippen molar-refractivity contribution in [1.82, 2.24) is 0 Å². The van der Waals surface area contributed by atoms with Crippen LogP contribution in [0.5, 0.6) is 0 Å². The quantitative estimate of drug-likeness (QED) is 0.672. The van der Waals surface area contributed by atoms with Crippen LogP contribution in [0.15, 0.2) is 34.9 Å². The van der Waals surface area contributed by atoms with Crippen molar-refractivity contribution in [3.63, 3.8) is 0 Å². The van der Waals surface area contributed by atoms with Gasteiger partial charge >= 0.3 is 0 Å². The van der Waals surface area contributed by atoms with E-state index in [1.54, 1.807) is 12.1 Å². The molecule has 0 spiro atoms. The summed E-state index contributed by atoms with van der Waals surface area (Å²) in [7, 11) is 0. The number of furan rings is 1. The van der Waals surface area contributed by atoms with Crippen LogP contribution in [0.25, 0.3) is 0 Å². The highest BCUT2D eigenvalue weighted by atomic mass is 19.1. The first-order valence-corrected chi connectivity index (χ1v) is 4.97. The van der Waals surface area contributed by atoms with Gasteiger partial charge in [0.2, 0.25) is 0 Å². The van der Waals surface area contributed by atoms with Crippen molar-refractivity contribution in [3.8, 4) is 0 Å². The van der Waals surface area contributed by atoms with Crippen LogP contribution in [0.2, 0.25) is 0 Å². The Labute approximate surface area is 100 Å². The van der Waals surface area contributed by atoms with Crippen LogP contribution in [0, 0.1) is 21.7 Å². The molecule has 0 saturated heterocycles. The van der Waals surface area contributed by atoms with Gasteiger partial charge in [0.05, 0.1) is 23.8 Å². The molecule has 0 aliphatic heterocycles. The van der Waals surface area contributed by atoms with Crippen LogP contribution in [0.1, 0.15) is 5.76 Å². The van der Waals surface area contributed by atoms with Gasteiger partial charge < -0.3 is 9.73 Å². The normalized spacial score (nSPS) is 10.3. The summed E-state index contributed by atoms with van der Waals surface area (Å²) in [5.41, 5.74) is -1.02. The Bertz CT molecular complexity index is 570. The maximum Gasteiger partial charge on any atom is 0.298 e. The summed E-state index contributed by atoms with van der Waals surface area (Å²) >= 11 is 0. The molecule has 0 saturated carbocycles. The largest absolute Gasteiger partial charge is 0.467 e. The van der Waals surface area contributed by atoms with Gasteiger partial charge in [-0.3, -0.25) is 10.1 Å². The zero-order valence-electron chi connectivity index (χ0n) is 9.02. The minimum absolute atomic E-state index is 0.0659. The van der Waals surface area contributed by atoms with E-state index in [9.17, 15) is 18.9 Å². The minimum atomic E-state index is -1.02. The van der Waals surface area contributed by atoms with Gasteiger partial charge in [-0.2, -0.15) is 0 Å². The number of hydrogen-bond donors (Lipinski definition) is 1. The topological polar surface area (TPSA) is 68.3 Å². The molecule has 7 heteroatoms. The molecule has 18 heavy (non-hydrogen) atoms. The van der Waals surface area contributed by atoms with Crippen LogP contribution in [0.3, 0.4) is 0 Å². The van der Waals surface area contributed by atoms with Gasteiger partial charge in [0, 0.05) is 6.07 Å². The lowest BCUT2D eigenvalue weighted by Crippen LogP contribution is -2.05. The van der Waals surface area contributed by atoms with Gasteiger partial charge in [0.1, 0.15) is 17.3 Å². The molecule has 0 unspecified atom stereocenters. The molecule has 0 bridgehead atoms. The SMILES string of the molecule is O=[N+]([O-])c1cc(F)cc(F)c1NCc1ccco1. The minimum Gasteiger partial charge on any atom is -0.467 e.